The van der Waals surface area contributed by atoms with E-state index in [1.165, 1.54) is 0 Å². The van der Waals surface area contributed by atoms with Gasteiger partial charge in [0, 0.05) is 58.2 Å². The fourth-order valence-corrected chi connectivity index (χ4v) is 3.74. The standard InChI is InChI=1S/C20H27N9O/c1-13-12-28(20(30)23-14-5-7-15(8-6-14)26(2)3)9-10-29(13)18-16-11-22-27(4)17(16)24-19(21)25-18/h5-8,11,13H,9-10,12H2,1-4H3,(H,23,30)(H2,21,24,25). The Morgan fingerprint density at radius 1 is 1.20 bits per heavy atom. The first-order chi connectivity index (χ1) is 14.3. The van der Waals surface area contributed by atoms with Crippen molar-refractivity contribution >= 4 is 40.2 Å². The van der Waals surface area contributed by atoms with Crippen molar-refractivity contribution in [2.45, 2.75) is 13.0 Å². The molecule has 3 aromatic rings. The van der Waals surface area contributed by atoms with Gasteiger partial charge in [-0.05, 0) is 31.2 Å². The van der Waals surface area contributed by atoms with E-state index in [1.807, 2.05) is 55.2 Å². The number of nitrogens with one attached hydrogen (secondary N) is 1. The van der Waals surface area contributed by atoms with Crippen molar-refractivity contribution in [1.29, 1.82) is 0 Å². The van der Waals surface area contributed by atoms with Gasteiger partial charge in [-0.3, -0.25) is 4.68 Å². The maximum atomic E-state index is 12.8. The Balaban J connectivity index is 1.46. The van der Waals surface area contributed by atoms with Crippen LogP contribution in [-0.4, -0.2) is 70.5 Å². The Morgan fingerprint density at radius 3 is 2.60 bits per heavy atom. The van der Waals surface area contributed by atoms with Gasteiger partial charge in [0.1, 0.15) is 5.82 Å². The quantitative estimate of drug-likeness (QED) is 0.678. The Morgan fingerprint density at radius 2 is 1.93 bits per heavy atom. The lowest BCUT2D eigenvalue weighted by Crippen LogP contribution is -2.55. The van der Waals surface area contributed by atoms with Crippen molar-refractivity contribution in [1.82, 2.24) is 24.6 Å². The second-order valence-corrected chi connectivity index (χ2v) is 7.77. The van der Waals surface area contributed by atoms with E-state index in [9.17, 15) is 4.79 Å². The maximum absolute atomic E-state index is 12.8. The van der Waals surface area contributed by atoms with Crippen LogP contribution in [0.25, 0.3) is 11.0 Å². The molecule has 2 amide bonds. The lowest BCUT2D eigenvalue weighted by Gasteiger charge is -2.40. The summed E-state index contributed by atoms with van der Waals surface area (Å²) in [5, 5.41) is 8.12. The summed E-state index contributed by atoms with van der Waals surface area (Å²) >= 11 is 0. The molecule has 158 valence electrons. The van der Waals surface area contributed by atoms with E-state index in [0.717, 1.165) is 22.6 Å². The zero-order valence-electron chi connectivity index (χ0n) is 17.7. The zero-order chi connectivity index (χ0) is 21.4. The SMILES string of the molecule is CC1CN(C(=O)Nc2ccc(N(C)C)cc2)CCN1c1nc(N)nc2c1cnn2C. The van der Waals surface area contributed by atoms with Gasteiger partial charge in [-0.25, -0.2) is 4.79 Å². The van der Waals surface area contributed by atoms with Gasteiger partial charge in [0.15, 0.2) is 5.65 Å². The number of hydrogen-bond acceptors (Lipinski definition) is 7. The Bertz CT molecular complexity index is 1060. The van der Waals surface area contributed by atoms with Gasteiger partial charge < -0.3 is 25.8 Å². The lowest BCUT2D eigenvalue weighted by atomic mass is 10.2. The minimum Gasteiger partial charge on any atom is -0.378 e. The number of carbonyl (C=O) groups is 1. The lowest BCUT2D eigenvalue weighted by molar-refractivity contribution is 0.200. The van der Waals surface area contributed by atoms with Gasteiger partial charge in [-0.1, -0.05) is 0 Å². The van der Waals surface area contributed by atoms with Gasteiger partial charge in [-0.15, -0.1) is 0 Å². The fraction of sp³-hybridized carbons (Fsp3) is 0.400. The van der Waals surface area contributed by atoms with Crippen molar-refractivity contribution in [3.8, 4) is 0 Å². The van der Waals surface area contributed by atoms with Crippen LogP contribution in [0.5, 0.6) is 0 Å². The summed E-state index contributed by atoms with van der Waals surface area (Å²) in [4.78, 5) is 27.5. The van der Waals surface area contributed by atoms with Gasteiger partial charge in [0.2, 0.25) is 5.95 Å². The molecule has 0 radical (unpaired) electrons. The van der Waals surface area contributed by atoms with Crippen LogP contribution in [0.15, 0.2) is 30.5 Å². The smallest absolute Gasteiger partial charge is 0.321 e. The van der Waals surface area contributed by atoms with Crippen LogP contribution >= 0.6 is 0 Å². The molecule has 10 heteroatoms. The summed E-state index contributed by atoms with van der Waals surface area (Å²) in [6.07, 6.45) is 1.76. The largest absolute Gasteiger partial charge is 0.378 e. The second kappa shape index (κ2) is 7.69. The molecule has 1 aliphatic rings. The van der Waals surface area contributed by atoms with Crippen molar-refractivity contribution in [2.75, 3.05) is 54.6 Å². The van der Waals surface area contributed by atoms with Gasteiger partial charge in [-0.2, -0.15) is 15.1 Å². The highest BCUT2D eigenvalue weighted by atomic mass is 16.2. The third kappa shape index (κ3) is 3.68. The maximum Gasteiger partial charge on any atom is 0.321 e. The van der Waals surface area contributed by atoms with Gasteiger partial charge >= 0.3 is 6.03 Å². The number of rotatable bonds is 3. The van der Waals surface area contributed by atoms with E-state index in [4.69, 9.17) is 5.73 Å². The van der Waals surface area contributed by atoms with Crippen molar-refractivity contribution < 1.29 is 4.79 Å². The molecule has 30 heavy (non-hydrogen) atoms. The molecule has 3 heterocycles. The van der Waals surface area contributed by atoms with E-state index in [1.54, 1.807) is 10.9 Å². The van der Waals surface area contributed by atoms with Crippen molar-refractivity contribution in [2.24, 2.45) is 7.05 Å². The van der Waals surface area contributed by atoms with Crippen molar-refractivity contribution in [3.05, 3.63) is 30.5 Å². The number of carbonyl (C=O) groups excluding carboxylic acids is 1. The molecular weight excluding hydrogens is 382 g/mol. The summed E-state index contributed by atoms with van der Waals surface area (Å²) in [6.45, 7) is 3.88. The number of amides is 2. The summed E-state index contributed by atoms with van der Waals surface area (Å²) in [5.41, 5.74) is 8.49. The third-order valence-corrected chi connectivity index (χ3v) is 5.41. The number of piperazine rings is 1. The second-order valence-electron chi connectivity index (χ2n) is 7.77. The number of hydrogen-bond donors (Lipinski definition) is 2. The molecule has 0 bridgehead atoms. The molecule has 2 aromatic heterocycles. The van der Waals surface area contributed by atoms with E-state index >= 15 is 0 Å². The van der Waals surface area contributed by atoms with Crippen LogP contribution in [0.4, 0.5) is 27.9 Å². The summed E-state index contributed by atoms with van der Waals surface area (Å²) < 4.78 is 1.69. The first-order valence-corrected chi connectivity index (χ1v) is 9.88. The van der Waals surface area contributed by atoms with E-state index in [2.05, 4.69) is 32.2 Å². The van der Waals surface area contributed by atoms with Crippen LogP contribution in [0.1, 0.15) is 6.92 Å². The summed E-state index contributed by atoms with van der Waals surface area (Å²) in [5.74, 6) is 0.979. The van der Waals surface area contributed by atoms with E-state index < -0.39 is 0 Å². The first kappa shape index (κ1) is 19.7. The Labute approximate surface area is 175 Å². The Kier molecular flexibility index (Phi) is 5.06. The number of aryl methyl sites for hydroxylation is 1. The third-order valence-electron chi connectivity index (χ3n) is 5.41. The number of urea groups is 1. The molecule has 0 saturated carbocycles. The highest BCUT2D eigenvalue weighted by molar-refractivity contribution is 5.90. The van der Waals surface area contributed by atoms with Crippen LogP contribution in [0.3, 0.4) is 0 Å². The molecule has 0 aliphatic carbocycles. The highest BCUT2D eigenvalue weighted by Gasteiger charge is 2.29. The molecule has 10 nitrogen and oxygen atoms in total. The zero-order valence-corrected chi connectivity index (χ0v) is 17.7. The van der Waals surface area contributed by atoms with Crippen LogP contribution in [0, 0.1) is 0 Å². The number of nitrogen functional groups attached to an aromatic ring is 1. The topological polar surface area (TPSA) is 108 Å². The molecule has 0 spiro atoms. The van der Waals surface area contributed by atoms with Crippen LogP contribution in [0.2, 0.25) is 0 Å². The number of fused-ring (bicyclic) bond motifs is 1. The number of nitrogens with zero attached hydrogens (tertiary/aromatic N) is 7. The minimum atomic E-state index is -0.104. The van der Waals surface area contributed by atoms with Crippen LogP contribution < -0.4 is 20.9 Å². The molecule has 1 unspecified atom stereocenters. The average molecular weight is 409 g/mol. The van der Waals surface area contributed by atoms with Gasteiger partial charge in [0.25, 0.3) is 0 Å². The normalized spacial score (nSPS) is 16.7. The predicted octanol–water partition coefficient (Wildman–Crippen LogP) is 1.75. The molecular formula is C20H27N9O. The summed E-state index contributed by atoms with van der Waals surface area (Å²) in [6, 6.07) is 7.75. The molecule has 1 atom stereocenters. The number of nitrogens with two attached hydrogens (primary N) is 1. The molecule has 1 fully saturated rings. The molecule has 1 saturated heterocycles. The number of benzene rings is 1. The van der Waals surface area contributed by atoms with Crippen LogP contribution in [-0.2, 0) is 7.05 Å². The highest BCUT2D eigenvalue weighted by Crippen LogP contribution is 2.27. The molecule has 1 aromatic carbocycles. The van der Waals surface area contributed by atoms with E-state index in [-0.39, 0.29) is 18.0 Å². The number of aromatic nitrogens is 4. The van der Waals surface area contributed by atoms with Gasteiger partial charge in [0.05, 0.1) is 11.6 Å². The molecule has 3 N–H and O–H groups in total. The average Bonchev–Trinajstić information content (AvgIpc) is 3.08. The summed E-state index contributed by atoms with van der Waals surface area (Å²) in [7, 11) is 5.80. The molecule has 4 rings (SSSR count). The number of anilines is 4. The Hall–Kier alpha value is -3.56. The molecule has 1 aliphatic heterocycles. The first-order valence-electron chi connectivity index (χ1n) is 9.88. The van der Waals surface area contributed by atoms with E-state index in [0.29, 0.717) is 25.3 Å². The monoisotopic (exact) mass is 409 g/mol. The minimum absolute atomic E-state index is 0.0679. The fourth-order valence-electron chi connectivity index (χ4n) is 3.74. The predicted molar refractivity (Wildman–Crippen MR) is 119 cm³/mol. The van der Waals surface area contributed by atoms with Crippen molar-refractivity contribution in [3.63, 3.8) is 0 Å².